The lowest BCUT2D eigenvalue weighted by molar-refractivity contribution is 0.125. The fourth-order valence-electron chi connectivity index (χ4n) is 2.50. The zero-order valence-corrected chi connectivity index (χ0v) is 13.2. The average Bonchev–Trinajstić information content (AvgIpc) is 3.05. The first-order valence-corrected chi connectivity index (χ1v) is 8.00. The predicted octanol–water partition coefficient (Wildman–Crippen LogP) is 3.15. The summed E-state index contributed by atoms with van der Waals surface area (Å²) in [4.78, 5) is 5.59. The van der Waals surface area contributed by atoms with Crippen molar-refractivity contribution in [2.45, 2.75) is 12.1 Å². The van der Waals surface area contributed by atoms with E-state index in [1.54, 1.807) is 0 Å². The van der Waals surface area contributed by atoms with Crippen LogP contribution >= 0.6 is 11.3 Å². The highest BCUT2D eigenvalue weighted by molar-refractivity contribution is 7.11. The van der Waals surface area contributed by atoms with Gasteiger partial charge < -0.3 is 10.4 Å². The minimum absolute atomic E-state index is 0.690. The summed E-state index contributed by atoms with van der Waals surface area (Å²) < 4.78 is 0. The molecule has 0 aliphatic rings. The van der Waals surface area contributed by atoms with Crippen molar-refractivity contribution in [1.82, 2.24) is 10.3 Å². The van der Waals surface area contributed by atoms with E-state index in [1.807, 2.05) is 73.9 Å². The number of benzene rings is 2. The second kappa shape index (κ2) is 6.40. The highest BCUT2D eigenvalue weighted by Crippen LogP contribution is 2.38. The largest absolute Gasteiger partial charge is 0.374 e. The van der Waals surface area contributed by atoms with Gasteiger partial charge in [0.15, 0.2) is 5.60 Å². The Morgan fingerprint density at radius 3 is 2.05 bits per heavy atom. The monoisotopic (exact) mass is 310 g/mol. The Hall–Kier alpha value is -2.01. The zero-order valence-electron chi connectivity index (χ0n) is 12.4. The van der Waals surface area contributed by atoms with Crippen molar-refractivity contribution in [1.29, 1.82) is 0 Å². The SMILES string of the molecule is CNCc1cnc(C(O)(c2ccccc2)c2ccccc2)s1. The van der Waals surface area contributed by atoms with Gasteiger partial charge in [-0.3, -0.25) is 0 Å². The number of hydrogen-bond acceptors (Lipinski definition) is 4. The van der Waals surface area contributed by atoms with Crippen LogP contribution in [0, 0.1) is 0 Å². The predicted molar refractivity (Wildman–Crippen MR) is 89.9 cm³/mol. The Morgan fingerprint density at radius 1 is 1.00 bits per heavy atom. The highest BCUT2D eigenvalue weighted by Gasteiger charge is 2.36. The lowest BCUT2D eigenvalue weighted by atomic mass is 9.87. The van der Waals surface area contributed by atoms with Crippen LogP contribution < -0.4 is 5.32 Å². The summed E-state index contributed by atoms with van der Waals surface area (Å²) in [5, 5.41) is 15.3. The molecule has 0 amide bonds. The quantitative estimate of drug-likeness (QED) is 0.761. The van der Waals surface area contributed by atoms with E-state index < -0.39 is 5.60 Å². The highest BCUT2D eigenvalue weighted by atomic mass is 32.1. The second-order valence-electron chi connectivity index (χ2n) is 5.10. The van der Waals surface area contributed by atoms with E-state index in [4.69, 9.17) is 0 Å². The van der Waals surface area contributed by atoms with Gasteiger partial charge in [0, 0.05) is 17.6 Å². The third-order valence-corrected chi connectivity index (χ3v) is 4.70. The minimum atomic E-state index is -1.22. The molecule has 3 aromatic rings. The Morgan fingerprint density at radius 2 is 1.55 bits per heavy atom. The van der Waals surface area contributed by atoms with Gasteiger partial charge in [0.2, 0.25) is 0 Å². The smallest absolute Gasteiger partial charge is 0.166 e. The van der Waals surface area contributed by atoms with Gasteiger partial charge in [-0.2, -0.15) is 0 Å². The van der Waals surface area contributed by atoms with Crippen LogP contribution in [0.15, 0.2) is 66.9 Å². The molecule has 2 aromatic carbocycles. The summed E-state index contributed by atoms with van der Waals surface area (Å²) in [6.45, 7) is 0.747. The van der Waals surface area contributed by atoms with E-state index in [0.29, 0.717) is 5.01 Å². The summed E-state index contributed by atoms with van der Waals surface area (Å²) in [5.74, 6) is 0. The van der Waals surface area contributed by atoms with Crippen molar-refractivity contribution in [2.24, 2.45) is 0 Å². The van der Waals surface area contributed by atoms with Gasteiger partial charge in [0.1, 0.15) is 5.01 Å². The summed E-state index contributed by atoms with van der Waals surface area (Å²) in [6, 6.07) is 19.4. The van der Waals surface area contributed by atoms with Gasteiger partial charge in [0.25, 0.3) is 0 Å². The number of nitrogens with one attached hydrogen (secondary N) is 1. The standard InChI is InChI=1S/C18H18N2OS/c1-19-12-16-13-20-17(22-16)18(21,14-8-4-2-5-9-14)15-10-6-3-7-11-15/h2-11,13,19,21H,12H2,1H3. The molecule has 0 bridgehead atoms. The van der Waals surface area contributed by atoms with E-state index in [-0.39, 0.29) is 0 Å². The van der Waals surface area contributed by atoms with Crippen molar-refractivity contribution in [3.63, 3.8) is 0 Å². The molecule has 0 aliphatic carbocycles. The molecular formula is C18H18N2OS. The normalized spacial score (nSPS) is 11.5. The first-order chi connectivity index (χ1) is 10.7. The molecule has 1 heterocycles. The molecule has 22 heavy (non-hydrogen) atoms. The van der Waals surface area contributed by atoms with Crippen LogP contribution in [0.4, 0.5) is 0 Å². The van der Waals surface area contributed by atoms with E-state index in [2.05, 4.69) is 10.3 Å². The van der Waals surface area contributed by atoms with E-state index in [0.717, 1.165) is 22.5 Å². The molecule has 4 heteroatoms. The molecule has 2 N–H and O–H groups in total. The van der Waals surface area contributed by atoms with Crippen molar-refractivity contribution in [3.8, 4) is 0 Å². The maximum atomic E-state index is 11.5. The summed E-state index contributed by atoms with van der Waals surface area (Å²) >= 11 is 1.53. The molecule has 1 aromatic heterocycles. The fraction of sp³-hybridized carbons (Fsp3) is 0.167. The lowest BCUT2D eigenvalue weighted by Gasteiger charge is -2.27. The van der Waals surface area contributed by atoms with E-state index in [9.17, 15) is 5.11 Å². The Labute approximate surface area is 134 Å². The summed E-state index contributed by atoms with van der Waals surface area (Å²) in [5.41, 5.74) is 0.428. The van der Waals surface area contributed by atoms with E-state index >= 15 is 0 Å². The first kappa shape index (κ1) is 14.9. The topological polar surface area (TPSA) is 45.2 Å². The number of hydrogen-bond donors (Lipinski definition) is 2. The molecule has 3 rings (SSSR count). The van der Waals surface area contributed by atoms with Gasteiger partial charge in [-0.1, -0.05) is 60.7 Å². The molecule has 0 radical (unpaired) electrons. The average molecular weight is 310 g/mol. The number of aromatic nitrogens is 1. The van der Waals surface area contributed by atoms with Crippen LogP contribution in [0.2, 0.25) is 0 Å². The number of nitrogens with zero attached hydrogens (tertiary/aromatic N) is 1. The van der Waals surface area contributed by atoms with Gasteiger partial charge in [0.05, 0.1) is 0 Å². The molecular weight excluding hydrogens is 292 g/mol. The summed E-state index contributed by atoms with van der Waals surface area (Å²) in [6.07, 6.45) is 1.83. The van der Waals surface area contributed by atoms with Crippen LogP contribution in [0.25, 0.3) is 0 Å². The molecule has 3 nitrogen and oxygen atoms in total. The molecule has 0 atom stereocenters. The van der Waals surface area contributed by atoms with Crippen molar-refractivity contribution in [2.75, 3.05) is 7.05 Å². The van der Waals surface area contributed by atoms with Gasteiger partial charge in [-0.05, 0) is 18.2 Å². The van der Waals surface area contributed by atoms with Crippen LogP contribution in [-0.4, -0.2) is 17.1 Å². The molecule has 0 saturated heterocycles. The molecule has 0 saturated carbocycles. The summed E-state index contributed by atoms with van der Waals surface area (Å²) in [7, 11) is 1.90. The third kappa shape index (κ3) is 2.68. The molecule has 0 unspecified atom stereocenters. The number of aliphatic hydroxyl groups is 1. The second-order valence-corrected chi connectivity index (χ2v) is 6.22. The molecule has 0 fully saturated rings. The van der Waals surface area contributed by atoms with Crippen LogP contribution in [0.5, 0.6) is 0 Å². The van der Waals surface area contributed by atoms with Crippen LogP contribution in [0.3, 0.4) is 0 Å². The van der Waals surface area contributed by atoms with Crippen molar-refractivity contribution >= 4 is 11.3 Å². The minimum Gasteiger partial charge on any atom is -0.374 e. The van der Waals surface area contributed by atoms with Gasteiger partial charge >= 0.3 is 0 Å². The van der Waals surface area contributed by atoms with Crippen molar-refractivity contribution in [3.05, 3.63) is 87.9 Å². The van der Waals surface area contributed by atoms with Gasteiger partial charge in [-0.15, -0.1) is 11.3 Å². The zero-order chi connectivity index (χ0) is 15.4. The number of thiazole rings is 1. The third-order valence-electron chi connectivity index (χ3n) is 3.60. The lowest BCUT2D eigenvalue weighted by Crippen LogP contribution is -2.28. The van der Waals surface area contributed by atoms with Gasteiger partial charge in [-0.25, -0.2) is 4.98 Å². The number of rotatable bonds is 5. The molecule has 0 aliphatic heterocycles. The molecule has 0 spiro atoms. The fourth-order valence-corrected chi connectivity index (χ4v) is 3.56. The Balaban J connectivity index is 2.14. The van der Waals surface area contributed by atoms with Crippen molar-refractivity contribution < 1.29 is 5.11 Å². The first-order valence-electron chi connectivity index (χ1n) is 7.18. The van der Waals surface area contributed by atoms with Crippen LogP contribution in [0.1, 0.15) is 21.0 Å². The Kier molecular flexibility index (Phi) is 4.34. The van der Waals surface area contributed by atoms with E-state index in [1.165, 1.54) is 11.3 Å². The van der Waals surface area contributed by atoms with Crippen LogP contribution in [-0.2, 0) is 12.1 Å². The maximum absolute atomic E-state index is 11.5. The molecule has 112 valence electrons. The Bertz CT molecular complexity index is 686. The maximum Gasteiger partial charge on any atom is 0.166 e.